The predicted molar refractivity (Wildman–Crippen MR) is 153 cm³/mol. The summed E-state index contributed by atoms with van der Waals surface area (Å²) in [4.78, 5) is 12.8. The van der Waals surface area contributed by atoms with Gasteiger partial charge < -0.3 is 4.74 Å². The monoisotopic (exact) mass is 515 g/mol. The number of fused-ring (bicyclic) bond motifs is 5. The van der Waals surface area contributed by atoms with Crippen molar-refractivity contribution in [2.24, 2.45) is 46.3 Å². The van der Waals surface area contributed by atoms with Gasteiger partial charge >= 0.3 is 5.97 Å². The Hall–Kier alpha value is -2.08. The average molecular weight is 516 g/mol. The first-order chi connectivity index (χ1) is 18.2. The van der Waals surface area contributed by atoms with Crippen LogP contribution in [-0.2, 0) is 4.74 Å². The number of carbonyl (C=O) groups excluding carboxylic acids is 1. The van der Waals surface area contributed by atoms with E-state index in [-0.39, 0.29) is 17.5 Å². The van der Waals surface area contributed by atoms with Crippen molar-refractivity contribution in [1.82, 2.24) is 0 Å². The molecule has 206 valence electrons. The lowest BCUT2D eigenvalue weighted by molar-refractivity contribution is -0.0594. The molecule has 0 heterocycles. The molecule has 3 nitrogen and oxygen atoms in total. The van der Waals surface area contributed by atoms with Crippen molar-refractivity contribution in [1.29, 1.82) is 5.26 Å². The molecule has 1 aromatic rings. The molecule has 0 saturated heterocycles. The lowest BCUT2D eigenvalue weighted by atomic mass is 9.47. The quantitative estimate of drug-likeness (QED) is 0.269. The third kappa shape index (κ3) is 4.98. The molecule has 0 bridgehead atoms. The van der Waals surface area contributed by atoms with E-state index in [1.807, 2.05) is 0 Å². The zero-order valence-corrected chi connectivity index (χ0v) is 24.5. The smallest absolute Gasteiger partial charge is 0.338 e. The molecule has 38 heavy (non-hydrogen) atoms. The molecule has 4 aliphatic carbocycles. The standard InChI is InChI=1S/C35H49NO2/c1-23(2)7-6-8-24(3)30-15-16-31-29-14-13-27-21-28(38-33(37)26-11-9-25(22-36)10-12-26)17-19-34(27,4)32(29)18-20-35(30,31)5/h9-13,23-24,28-32H,6-8,14-21H2,1-5H3/t24-,28?,29?,30-,31?,32?,34+,35-/m1/s1. The lowest BCUT2D eigenvalue weighted by Gasteiger charge is -2.58. The first-order valence-corrected chi connectivity index (χ1v) is 15.6. The molecule has 4 unspecified atom stereocenters. The zero-order valence-electron chi connectivity index (χ0n) is 24.5. The molecule has 0 amide bonds. The van der Waals surface area contributed by atoms with Crippen LogP contribution in [0.1, 0.15) is 121 Å². The Bertz CT molecular complexity index is 1080. The Kier molecular flexibility index (Phi) is 7.83. The van der Waals surface area contributed by atoms with Crippen LogP contribution in [0, 0.1) is 57.7 Å². The first kappa shape index (κ1) is 27.5. The van der Waals surface area contributed by atoms with Gasteiger partial charge in [-0.05, 0) is 116 Å². The maximum Gasteiger partial charge on any atom is 0.338 e. The van der Waals surface area contributed by atoms with Gasteiger partial charge in [0.25, 0.3) is 0 Å². The number of esters is 1. The summed E-state index contributed by atoms with van der Waals surface area (Å²) in [6.45, 7) is 12.5. The molecule has 3 fully saturated rings. The molecular formula is C35H49NO2. The number of hydrogen-bond donors (Lipinski definition) is 0. The Morgan fingerprint density at radius 3 is 2.50 bits per heavy atom. The molecule has 0 spiro atoms. The number of benzene rings is 1. The molecule has 0 N–H and O–H groups in total. The van der Waals surface area contributed by atoms with Crippen LogP contribution in [0.3, 0.4) is 0 Å². The number of rotatable bonds is 7. The van der Waals surface area contributed by atoms with E-state index in [1.165, 1.54) is 51.4 Å². The number of nitrogens with zero attached hydrogens (tertiary/aromatic N) is 1. The second-order valence-corrected chi connectivity index (χ2v) is 14.2. The number of hydrogen-bond acceptors (Lipinski definition) is 3. The van der Waals surface area contributed by atoms with Gasteiger partial charge in [0.15, 0.2) is 0 Å². The molecule has 3 saturated carbocycles. The van der Waals surface area contributed by atoms with Crippen molar-refractivity contribution >= 4 is 5.97 Å². The van der Waals surface area contributed by atoms with E-state index in [9.17, 15) is 4.79 Å². The van der Waals surface area contributed by atoms with Crippen molar-refractivity contribution in [2.45, 2.75) is 111 Å². The summed E-state index contributed by atoms with van der Waals surface area (Å²) >= 11 is 0. The van der Waals surface area contributed by atoms with E-state index in [0.29, 0.717) is 16.5 Å². The maximum atomic E-state index is 12.8. The van der Waals surface area contributed by atoms with Crippen LogP contribution in [0.15, 0.2) is 35.9 Å². The largest absolute Gasteiger partial charge is 0.458 e. The predicted octanol–water partition coefficient (Wildman–Crippen LogP) is 9.13. The summed E-state index contributed by atoms with van der Waals surface area (Å²) in [5.74, 6) is 4.80. The normalized spacial score (nSPS) is 36.9. The number of allylic oxidation sites excluding steroid dienone is 1. The van der Waals surface area contributed by atoms with Gasteiger partial charge in [-0.25, -0.2) is 4.79 Å². The summed E-state index contributed by atoms with van der Waals surface area (Å²) in [5, 5.41) is 9.02. The third-order valence-corrected chi connectivity index (χ3v) is 11.8. The number of ether oxygens (including phenoxy) is 1. The molecular weight excluding hydrogens is 466 g/mol. The van der Waals surface area contributed by atoms with Crippen LogP contribution >= 0.6 is 0 Å². The molecule has 4 aliphatic rings. The lowest BCUT2D eigenvalue weighted by Crippen LogP contribution is -2.51. The molecule has 3 heteroatoms. The number of carbonyl (C=O) groups is 1. The molecule has 0 radical (unpaired) electrons. The SMILES string of the molecule is CC(C)CCC[C@@H](C)[C@H]1CCC2C3CC=C4CC(OC(=O)c5ccc(C#N)cc5)CC[C@]4(C)C3CC[C@@]21C. The van der Waals surface area contributed by atoms with Gasteiger partial charge in [0, 0.05) is 6.42 Å². The van der Waals surface area contributed by atoms with E-state index in [0.717, 1.165) is 54.8 Å². The van der Waals surface area contributed by atoms with Crippen LogP contribution in [-0.4, -0.2) is 12.1 Å². The zero-order chi connectivity index (χ0) is 27.1. The van der Waals surface area contributed by atoms with Gasteiger partial charge in [-0.3, -0.25) is 0 Å². The van der Waals surface area contributed by atoms with Crippen molar-refractivity contribution in [3.05, 3.63) is 47.0 Å². The van der Waals surface area contributed by atoms with E-state index in [4.69, 9.17) is 10.00 Å². The second kappa shape index (κ2) is 10.8. The third-order valence-electron chi connectivity index (χ3n) is 11.8. The van der Waals surface area contributed by atoms with Crippen molar-refractivity contribution < 1.29 is 9.53 Å². The van der Waals surface area contributed by atoms with E-state index in [1.54, 1.807) is 29.8 Å². The van der Waals surface area contributed by atoms with Crippen molar-refractivity contribution in [3.63, 3.8) is 0 Å². The van der Waals surface area contributed by atoms with Gasteiger partial charge in [0.2, 0.25) is 0 Å². The number of nitriles is 1. The topological polar surface area (TPSA) is 50.1 Å². The van der Waals surface area contributed by atoms with E-state index in [2.05, 4.69) is 46.8 Å². The van der Waals surface area contributed by atoms with E-state index >= 15 is 0 Å². The minimum absolute atomic E-state index is 0.0366. The highest BCUT2D eigenvalue weighted by Crippen LogP contribution is 2.67. The summed E-state index contributed by atoms with van der Waals surface area (Å²) < 4.78 is 5.99. The summed E-state index contributed by atoms with van der Waals surface area (Å²) in [6.07, 6.45) is 16.5. The van der Waals surface area contributed by atoms with Crippen LogP contribution in [0.5, 0.6) is 0 Å². The minimum atomic E-state index is -0.259. The van der Waals surface area contributed by atoms with Gasteiger partial charge in [-0.15, -0.1) is 0 Å². The Morgan fingerprint density at radius 2 is 1.79 bits per heavy atom. The first-order valence-electron chi connectivity index (χ1n) is 15.6. The molecule has 8 atom stereocenters. The van der Waals surface area contributed by atoms with Gasteiger partial charge in [0.05, 0.1) is 17.2 Å². The molecule has 1 aromatic carbocycles. The molecule has 0 aliphatic heterocycles. The van der Waals surface area contributed by atoms with Gasteiger partial charge in [-0.2, -0.15) is 5.26 Å². The maximum absolute atomic E-state index is 12.8. The summed E-state index contributed by atoms with van der Waals surface area (Å²) in [5.41, 5.74) is 3.45. The molecule has 5 rings (SSSR count). The van der Waals surface area contributed by atoms with Crippen LogP contribution in [0.2, 0.25) is 0 Å². The highest BCUT2D eigenvalue weighted by molar-refractivity contribution is 5.89. The van der Waals surface area contributed by atoms with Crippen molar-refractivity contribution in [3.8, 4) is 6.07 Å². The highest BCUT2D eigenvalue weighted by Gasteiger charge is 2.59. The minimum Gasteiger partial charge on any atom is -0.458 e. The second-order valence-electron chi connectivity index (χ2n) is 14.2. The van der Waals surface area contributed by atoms with Gasteiger partial charge in [0.1, 0.15) is 6.10 Å². The van der Waals surface area contributed by atoms with E-state index < -0.39 is 0 Å². The summed E-state index contributed by atoms with van der Waals surface area (Å²) in [7, 11) is 0. The fraction of sp³-hybridized carbons (Fsp3) is 0.714. The van der Waals surface area contributed by atoms with Gasteiger partial charge in [-0.1, -0.05) is 65.5 Å². The fourth-order valence-corrected chi connectivity index (χ4v) is 9.65. The van der Waals surface area contributed by atoms with Crippen LogP contribution in [0.25, 0.3) is 0 Å². The Morgan fingerprint density at radius 1 is 1.03 bits per heavy atom. The Balaban J connectivity index is 1.24. The van der Waals surface area contributed by atoms with Crippen molar-refractivity contribution in [2.75, 3.05) is 0 Å². The van der Waals surface area contributed by atoms with Crippen LogP contribution in [0.4, 0.5) is 0 Å². The highest BCUT2D eigenvalue weighted by atomic mass is 16.5. The Labute approximate surface area is 231 Å². The summed E-state index contributed by atoms with van der Waals surface area (Å²) in [6, 6.07) is 8.90. The average Bonchev–Trinajstić information content (AvgIpc) is 3.26. The fourth-order valence-electron chi connectivity index (χ4n) is 9.65. The molecule has 0 aromatic heterocycles. The van der Waals surface area contributed by atoms with Crippen LogP contribution < -0.4 is 0 Å².